The van der Waals surface area contributed by atoms with Gasteiger partial charge in [-0.15, -0.1) is 0 Å². The number of pyridine rings is 1. The first kappa shape index (κ1) is 14.2. The highest BCUT2D eigenvalue weighted by Gasteiger charge is 2.21. The van der Waals surface area contributed by atoms with E-state index in [4.69, 9.17) is 16.6 Å². The molecule has 20 heavy (non-hydrogen) atoms. The van der Waals surface area contributed by atoms with Crippen molar-refractivity contribution in [3.8, 4) is 0 Å². The number of nitrogens with one attached hydrogen (secondary N) is 1. The summed E-state index contributed by atoms with van der Waals surface area (Å²) in [5.41, 5.74) is 0.981. The van der Waals surface area contributed by atoms with Crippen LogP contribution in [0.1, 0.15) is 44.2 Å². The molecule has 0 amide bonds. The van der Waals surface area contributed by atoms with Crippen LogP contribution in [0.15, 0.2) is 12.1 Å². The maximum absolute atomic E-state index is 6.25. The Morgan fingerprint density at radius 1 is 1.25 bits per heavy atom. The van der Waals surface area contributed by atoms with Gasteiger partial charge < -0.3 is 10.2 Å². The average Bonchev–Trinajstić information content (AvgIpc) is 3.14. The average molecular weight is 294 g/mol. The van der Waals surface area contributed by atoms with Crippen molar-refractivity contribution >= 4 is 17.4 Å². The van der Waals surface area contributed by atoms with Crippen LogP contribution in [0.5, 0.6) is 0 Å². The number of hydrogen-bond acceptors (Lipinski definition) is 3. The van der Waals surface area contributed by atoms with E-state index in [1.54, 1.807) is 0 Å². The van der Waals surface area contributed by atoms with Crippen LogP contribution >= 0.6 is 11.6 Å². The van der Waals surface area contributed by atoms with Crippen LogP contribution in [-0.2, 0) is 6.54 Å². The van der Waals surface area contributed by atoms with E-state index in [-0.39, 0.29) is 0 Å². The van der Waals surface area contributed by atoms with E-state index in [2.05, 4.69) is 17.3 Å². The van der Waals surface area contributed by atoms with Gasteiger partial charge in [-0.1, -0.05) is 24.4 Å². The number of halogens is 1. The van der Waals surface area contributed by atoms with Gasteiger partial charge in [0.2, 0.25) is 0 Å². The smallest absolute Gasteiger partial charge is 0.128 e. The highest BCUT2D eigenvalue weighted by atomic mass is 35.5. The van der Waals surface area contributed by atoms with Gasteiger partial charge >= 0.3 is 0 Å². The Morgan fingerprint density at radius 3 is 2.70 bits per heavy atom. The lowest BCUT2D eigenvalue weighted by Crippen LogP contribution is -2.25. The van der Waals surface area contributed by atoms with Gasteiger partial charge in [0.05, 0.1) is 10.7 Å². The molecule has 2 saturated carbocycles. The third kappa shape index (κ3) is 3.64. The van der Waals surface area contributed by atoms with Crippen LogP contribution in [0, 0.1) is 5.92 Å². The summed E-state index contributed by atoms with van der Waals surface area (Å²) in [5, 5.41) is 4.26. The zero-order chi connectivity index (χ0) is 13.9. The molecule has 0 spiro atoms. The van der Waals surface area contributed by atoms with Gasteiger partial charge in [-0.2, -0.15) is 0 Å². The zero-order valence-electron chi connectivity index (χ0n) is 12.2. The number of anilines is 1. The van der Waals surface area contributed by atoms with Crippen LogP contribution in [0.2, 0.25) is 5.02 Å². The fraction of sp³-hybridized carbons (Fsp3) is 0.688. The van der Waals surface area contributed by atoms with E-state index < -0.39 is 0 Å². The van der Waals surface area contributed by atoms with Crippen molar-refractivity contribution in [3.63, 3.8) is 0 Å². The Kier molecular flexibility index (Phi) is 4.47. The minimum atomic E-state index is 0.688. The Hall–Kier alpha value is -0.800. The van der Waals surface area contributed by atoms with Crippen LogP contribution < -0.4 is 10.2 Å². The first-order valence-electron chi connectivity index (χ1n) is 7.82. The minimum absolute atomic E-state index is 0.688. The molecule has 2 aliphatic rings. The topological polar surface area (TPSA) is 28.2 Å². The Labute approximate surface area is 126 Å². The summed E-state index contributed by atoms with van der Waals surface area (Å²) < 4.78 is 0. The predicted octanol–water partition coefficient (Wildman–Crippen LogP) is 3.61. The first-order chi connectivity index (χ1) is 9.72. The monoisotopic (exact) mass is 293 g/mol. The quantitative estimate of drug-likeness (QED) is 0.868. The van der Waals surface area contributed by atoms with E-state index >= 15 is 0 Å². The molecular weight excluding hydrogens is 270 g/mol. The molecular formula is C16H24ClN3. The van der Waals surface area contributed by atoms with E-state index in [1.165, 1.54) is 38.5 Å². The molecule has 2 fully saturated rings. The molecule has 4 heteroatoms. The van der Waals surface area contributed by atoms with E-state index in [1.807, 2.05) is 12.1 Å². The summed E-state index contributed by atoms with van der Waals surface area (Å²) in [6.07, 6.45) is 8.10. The van der Waals surface area contributed by atoms with Gasteiger partial charge in [0.25, 0.3) is 0 Å². The second-order valence-electron chi connectivity index (χ2n) is 6.28. The van der Waals surface area contributed by atoms with Crippen molar-refractivity contribution in [1.82, 2.24) is 10.3 Å². The van der Waals surface area contributed by atoms with Crippen molar-refractivity contribution in [2.75, 3.05) is 18.5 Å². The molecule has 0 aromatic carbocycles. The van der Waals surface area contributed by atoms with E-state index in [0.29, 0.717) is 6.04 Å². The second-order valence-corrected chi connectivity index (χ2v) is 6.69. The molecule has 3 nitrogen and oxygen atoms in total. The number of rotatable bonds is 6. The van der Waals surface area contributed by atoms with Gasteiger partial charge in [-0.25, -0.2) is 4.98 Å². The van der Waals surface area contributed by atoms with Crippen molar-refractivity contribution in [2.24, 2.45) is 5.92 Å². The molecule has 110 valence electrons. The Balaban J connectivity index is 1.63. The third-order valence-corrected chi connectivity index (χ3v) is 4.78. The summed E-state index contributed by atoms with van der Waals surface area (Å²) in [4.78, 5) is 7.03. The molecule has 0 saturated heterocycles. The largest absolute Gasteiger partial charge is 0.359 e. The molecule has 0 unspecified atom stereocenters. The molecule has 1 heterocycles. The van der Waals surface area contributed by atoms with Gasteiger partial charge in [-0.05, 0) is 43.7 Å². The molecule has 0 aliphatic heterocycles. The molecule has 3 rings (SSSR count). The fourth-order valence-electron chi connectivity index (χ4n) is 3.01. The minimum Gasteiger partial charge on any atom is -0.359 e. The molecule has 0 bridgehead atoms. The maximum Gasteiger partial charge on any atom is 0.128 e. The van der Waals surface area contributed by atoms with Gasteiger partial charge in [-0.3, -0.25) is 0 Å². The fourth-order valence-corrected chi connectivity index (χ4v) is 3.18. The predicted molar refractivity (Wildman–Crippen MR) is 84.3 cm³/mol. The SMILES string of the molecule is CN(CC1CCCC1)c1ccc(Cl)c(CNC2CC2)n1. The lowest BCUT2D eigenvalue weighted by Gasteiger charge is -2.22. The highest BCUT2D eigenvalue weighted by Crippen LogP contribution is 2.27. The summed E-state index contributed by atoms with van der Waals surface area (Å²) in [6.45, 7) is 1.90. The van der Waals surface area contributed by atoms with E-state index in [9.17, 15) is 0 Å². The summed E-state index contributed by atoms with van der Waals surface area (Å²) >= 11 is 6.25. The number of aromatic nitrogens is 1. The molecule has 1 aromatic heterocycles. The zero-order valence-corrected chi connectivity index (χ0v) is 13.0. The van der Waals surface area contributed by atoms with Crippen molar-refractivity contribution in [2.45, 2.75) is 51.1 Å². The molecule has 2 aliphatic carbocycles. The molecule has 1 aromatic rings. The van der Waals surface area contributed by atoms with Crippen molar-refractivity contribution in [1.29, 1.82) is 0 Å². The van der Waals surface area contributed by atoms with Crippen molar-refractivity contribution < 1.29 is 0 Å². The lowest BCUT2D eigenvalue weighted by atomic mass is 10.1. The number of hydrogen-bond donors (Lipinski definition) is 1. The van der Waals surface area contributed by atoms with Crippen LogP contribution in [0.3, 0.4) is 0 Å². The van der Waals surface area contributed by atoms with Gasteiger partial charge in [0, 0.05) is 26.2 Å². The summed E-state index contributed by atoms with van der Waals surface area (Å²) in [6, 6.07) is 4.71. The number of nitrogens with zero attached hydrogens (tertiary/aromatic N) is 2. The standard InChI is InChI=1S/C16H24ClN3/c1-20(11-12-4-2-3-5-12)16-9-8-14(17)15(19-16)10-18-13-6-7-13/h8-9,12-13,18H,2-7,10-11H2,1H3. The maximum atomic E-state index is 6.25. The van der Waals surface area contributed by atoms with E-state index in [0.717, 1.165) is 35.5 Å². The van der Waals surface area contributed by atoms with Gasteiger partial charge in [0.15, 0.2) is 0 Å². The highest BCUT2D eigenvalue weighted by molar-refractivity contribution is 6.31. The Bertz CT molecular complexity index is 453. The summed E-state index contributed by atoms with van der Waals surface area (Å²) in [5.74, 6) is 1.89. The molecule has 1 N–H and O–H groups in total. The third-order valence-electron chi connectivity index (χ3n) is 4.44. The first-order valence-corrected chi connectivity index (χ1v) is 8.20. The van der Waals surface area contributed by atoms with Crippen LogP contribution in [0.4, 0.5) is 5.82 Å². The van der Waals surface area contributed by atoms with Gasteiger partial charge in [0.1, 0.15) is 5.82 Å². The summed E-state index contributed by atoms with van der Waals surface area (Å²) in [7, 11) is 2.15. The second kappa shape index (κ2) is 6.31. The van der Waals surface area contributed by atoms with Crippen LogP contribution in [0.25, 0.3) is 0 Å². The Morgan fingerprint density at radius 2 is 2.00 bits per heavy atom. The van der Waals surface area contributed by atoms with Crippen molar-refractivity contribution in [3.05, 3.63) is 22.8 Å². The molecule has 0 radical (unpaired) electrons. The normalized spacial score (nSPS) is 19.5. The lowest BCUT2D eigenvalue weighted by molar-refractivity contribution is 0.544. The molecule has 0 atom stereocenters. The van der Waals surface area contributed by atoms with Crippen LogP contribution in [-0.4, -0.2) is 24.6 Å².